The van der Waals surface area contributed by atoms with Crippen LogP contribution in [0.4, 0.5) is 5.69 Å². The molecule has 0 unspecified atom stereocenters. The van der Waals surface area contributed by atoms with Gasteiger partial charge in [0.15, 0.2) is 0 Å². The lowest BCUT2D eigenvalue weighted by Gasteiger charge is -2.09. The van der Waals surface area contributed by atoms with E-state index in [1.165, 1.54) is 12.1 Å². The Balaban J connectivity index is 2.31. The molecule has 1 aromatic carbocycles. The molecule has 0 saturated carbocycles. The monoisotopic (exact) mass is 290 g/mol. The van der Waals surface area contributed by atoms with Gasteiger partial charge in [0.05, 0.1) is 22.5 Å². The number of aromatic carboxylic acids is 1. The minimum absolute atomic E-state index is 0.0513. The van der Waals surface area contributed by atoms with Crippen molar-refractivity contribution in [3.05, 3.63) is 58.4 Å². The third kappa shape index (κ3) is 2.95. The minimum Gasteiger partial charge on any atom is -0.478 e. The van der Waals surface area contributed by atoms with Crippen molar-refractivity contribution in [2.75, 3.05) is 5.32 Å². The summed E-state index contributed by atoms with van der Waals surface area (Å²) in [5, 5.41) is 12.0. The number of pyridine rings is 1. The number of carbonyl (C=O) groups excluding carboxylic acids is 1. The first-order valence-corrected chi connectivity index (χ1v) is 6.13. The molecule has 0 spiro atoms. The van der Waals surface area contributed by atoms with Crippen molar-refractivity contribution in [3.8, 4) is 0 Å². The van der Waals surface area contributed by atoms with Crippen LogP contribution >= 0.6 is 11.6 Å². The van der Waals surface area contributed by atoms with Gasteiger partial charge in [0, 0.05) is 0 Å². The predicted octanol–water partition coefficient (Wildman–Crippen LogP) is 2.99. The SMILES string of the molecule is Cc1nc(Cl)ccc1NC(=O)c1ccccc1C(=O)O. The van der Waals surface area contributed by atoms with E-state index in [1.54, 1.807) is 31.2 Å². The van der Waals surface area contributed by atoms with Crippen molar-refractivity contribution in [1.29, 1.82) is 0 Å². The van der Waals surface area contributed by atoms with Crippen molar-refractivity contribution < 1.29 is 14.7 Å². The van der Waals surface area contributed by atoms with E-state index in [0.29, 0.717) is 16.5 Å². The van der Waals surface area contributed by atoms with Gasteiger partial charge < -0.3 is 10.4 Å². The van der Waals surface area contributed by atoms with Crippen LogP contribution in [0.1, 0.15) is 26.4 Å². The van der Waals surface area contributed by atoms with Gasteiger partial charge in [0.2, 0.25) is 0 Å². The molecule has 20 heavy (non-hydrogen) atoms. The number of halogens is 1. The Morgan fingerprint density at radius 3 is 2.40 bits per heavy atom. The Hall–Kier alpha value is -2.40. The number of amides is 1. The molecule has 2 aromatic rings. The first-order chi connectivity index (χ1) is 9.49. The number of carbonyl (C=O) groups is 2. The largest absolute Gasteiger partial charge is 0.478 e. The molecule has 2 rings (SSSR count). The number of rotatable bonds is 3. The fraction of sp³-hybridized carbons (Fsp3) is 0.0714. The van der Waals surface area contributed by atoms with Crippen molar-refractivity contribution in [2.24, 2.45) is 0 Å². The van der Waals surface area contributed by atoms with E-state index >= 15 is 0 Å². The smallest absolute Gasteiger partial charge is 0.336 e. The molecule has 0 fully saturated rings. The summed E-state index contributed by atoms with van der Waals surface area (Å²) >= 11 is 5.74. The molecule has 5 nitrogen and oxygen atoms in total. The zero-order valence-corrected chi connectivity index (χ0v) is 11.3. The van der Waals surface area contributed by atoms with Gasteiger partial charge in [-0.2, -0.15) is 0 Å². The molecule has 0 atom stereocenters. The fourth-order valence-electron chi connectivity index (χ4n) is 1.72. The maximum absolute atomic E-state index is 12.1. The Morgan fingerprint density at radius 2 is 1.80 bits per heavy atom. The number of benzene rings is 1. The summed E-state index contributed by atoms with van der Waals surface area (Å²) in [5.74, 6) is -1.66. The predicted molar refractivity (Wildman–Crippen MR) is 75.3 cm³/mol. The summed E-state index contributed by atoms with van der Waals surface area (Å²) in [4.78, 5) is 27.2. The van der Waals surface area contributed by atoms with E-state index in [4.69, 9.17) is 16.7 Å². The standard InChI is InChI=1S/C14H11ClN2O3/c1-8-11(6-7-12(15)16-8)17-13(18)9-4-2-3-5-10(9)14(19)20/h2-7H,1H3,(H,17,18)(H,19,20). The van der Waals surface area contributed by atoms with Gasteiger partial charge in [0.1, 0.15) is 5.15 Å². The first-order valence-electron chi connectivity index (χ1n) is 5.76. The average molecular weight is 291 g/mol. The topological polar surface area (TPSA) is 79.3 Å². The van der Waals surface area contributed by atoms with Crippen molar-refractivity contribution in [3.63, 3.8) is 0 Å². The van der Waals surface area contributed by atoms with Gasteiger partial charge in [0.25, 0.3) is 5.91 Å². The van der Waals surface area contributed by atoms with Gasteiger partial charge in [-0.15, -0.1) is 0 Å². The minimum atomic E-state index is -1.15. The van der Waals surface area contributed by atoms with Crippen LogP contribution in [0.25, 0.3) is 0 Å². The summed E-state index contributed by atoms with van der Waals surface area (Å²) in [6, 6.07) is 9.17. The van der Waals surface area contributed by atoms with Gasteiger partial charge in [-0.3, -0.25) is 4.79 Å². The molecule has 6 heteroatoms. The Kier molecular flexibility index (Phi) is 4.00. The van der Waals surface area contributed by atoms with Crippen LogP contribution in [0.3, 0.4) is 0 Å². The number of hydrogen-bond donors (Lipinski definition) is 2. The number of nitrogens with one attached hydrogen (secondary N) is 1. The average Bonchev–Trinajstić information content (AvgIpc) is 2.41. The van der Waals surface area contributed by atoms with E-state index in [2.05, 4.69) is 10.3 Å². The molecule has 1 amide bonds. The van der Waals surface area contributed by atoms with Crippen LogP contribution in [0.5, 0.6) is 0 Å². The van der Waals surface area contributed by atoms with Crippen LogP contribution in [-0.4, -0.2) is 22.0 Å². The second kappa shape index (κ2) is 5.71. The molecular formula is C14H11ClN2O3. The van der Waals surface area contributed by atoms with Crippen molar-refractivity contribution >= 4 is 29.2 Å². The molecule has 1 heterocycles. The van der Waals surface area contributed by atoms with Crippen molar-refractivity contribution in [1.82, 2.24) is 4.98 Å². The zero-order chi connectivity index (χ0) is 14.7. The van der Waals surface area contributed by atoms with Gasteiger partial charge >= 0.3 is 5.97 Å². The Labute approximate surface area is 120 Å². The van der Waals surface area contributed by atoms with E-state index in [-0.39, 0.29) is 11.1 Å². The molecule has 1 aromatic heterocycles. The summed E-state index contributed by atoms with van der Waals surface area (Å²) in [6.45, 7) is 1.70. The lowest BCUT2D eigenvalue weighted by molar-refractivity contribution is 0.0692. The summed E-state index contributed by atoms with van der Waals surface area (Å²) in [5.41, 5.74) is 1.08. The second-order valence-electron chi connectivity index (χ2n) is 4.07. The second-order valence-corrected chi connectivity index (χ2v) is 4.46. The highest BCUT2D eigenvalue weighted by Gasteiger charge is 2.16. The number of aryl methyl sites for hydroxylation is 1. The van der Waals surface area contributed by atoms with E-state index in [0.717, 1.165) is 0 Å². The first kappa shape index (κ1) is 14.0. The number of carboxylic acids is 1. The van der Waals surface area contributed by atoms with Crippen LogP contribution in [-0.2, 0) is 0 Å². The number of nitrogens with zero attached hydrogens (tertiary/aromatic N) is 1. The highest BCUT2D eigenvalue weighted by Crippen LogP contribution is 2.18. The molecule has 0 saturated heterocycles. The third-order valence-electron chi connectivity index (χ3n) is 2.70. The van der Waals surface area contributed by atoms with Crippen LogP contribution in [0.2, 0.25) is 5.15 Å². The molecule has 0 aliphatic heterocycles. The summed E-state index contributed by atoms with van der Waals surface area (Å²) < 4.78 is 0. The number of aromatic nitrogens is 1. The maximum Gasteiger partial charge on any atom is 0.336 e. The lowest BCUT2D eigenvalue weighted by atomic mass is 10.1. The van der Waals surface area contributed by atoms with Crippen LogP contribution in [0, 0.1) is 6.92 Å². The van der Waals surface area contributed by atoms with E-state index < -0.39 is 11.9 Å². The maximum atomic E-state index is 12.1. The van der Waals surface area contributed by atoms with E-state index in [1.807, 2.05) is 0 Å². The Morgan fingerprint density at radius 1 is 1.15 bits per heavy atom. The highest BCUT2D eigenvalue weighted by molar-refractivity contribution is 6.29. The molecule has 0 aliphatic rings. The molecule has 102 valence electrons. The van der Waals surface area contributed by atoms with Gasteiger partial charge in [-0.25, -0.2) is 9.78 Å². The molecule has 0 bridgehead atoms. The molecular weight excluding hydrogens is 280 g/mol. The van der Waals surface area contributed by atoms with Crippen LogP contribution in [0.15, 0.2) is 36.4 Å². The van der Waals surface area contributed by atoms with Gasteiger partial charge in [-0.1, -0.05) is 23.7 Å². The molecule has 2 N–H and O–H groups in total. The molecule has 0 aliphatic carbocycles. The number of anilines is 1. The van der Waals surface area contributed by atoms with Crippen molar-refractivity contribution in [2.45, 2.75) is 6.92 Å². The summed E-state index contributed by atoms with van der Waals surface area (Å²) in [7, 11) is 0. The normalized spacial score (nSPS) is 10.1. The van der Waals surface area contributed by atoms with E-state index in [9.17, 15) is 9.59 Å². The summed E-state index contributed by atoms with van der Waals surface area (Å²) in [6.07, 6.45) is 0. The fourth-order valence-corrected chi connectivity index (χ4v) is 1.91. The van der Waals surface area contributed by atoms with Gasteiger partial charge in [-0.05, 0) is 31.2 Å². The third-order valence-corrected chi connectivity index (χ3v) is 2.91. The Bertz CT molecular complexity index is 686. The number of hydrogen-bond acceptors (Lipinski definition) is 3. The quantitative estimate of drug-likeness (QED) is 0.852. The highest BCUT2D eigenvalue weighted by atomic mass is 35.5. The lowest BCUT2D eigenvalue weighted by Crippen LogP contribution is -2.17. The molecule has 0 radical (unpaired) electrons. The number of carboxylic acid groups (broad SMARTS) is 1. The zero-order valence-electron chi connectivity index (χ0n) is 10.6. The van der Waals surface area contributed by atoms with Crippen LogP contribution < -0.4 is 5.32 Å².